The highest BCUT2D eigenvalue weighted by molar-refractivity contribution is 5.65. The topological polar surface area (TPSA) is 40.6 Å². The highest BCUT2D eigenvalue weighted by Gasteiger charge is 2.38. The second-order valence-electron chi connectivity index (χ2n) is 8.49. The van der Waals surface area contributed by atoms with Crippen LogP contribution in [0.15, 0.2) is 83.8 Å². The van der Waals surface area contributed by atoms with Crippen LogP contribution >= 0.6 is 0 Å². The van der Waals surface area contributed by atoms with Gasteiger partial charge in [0.1, 0.15) is 11.4 Å². The Morgan fingerprint density at radius 1 is 1.03 bits per heavy atom. The number of ether oxygens (including phenoxy) is 1. The summed E-state index contributed by atoms with van der Waals surface area (Å²) in [4.78, 5) is 5.60. The van der Waals surface area contributed by atoms with E-state index in [2.05, 4.69) is 59.3 Å². The van der Waals surface area contributed by atoms with Gasteiger partial charge in [-0.25, -0.2) is 10.1 Å². The number of rotatable bonds is 4. The molecule has 32 heavy (non-hydrogen) atoms. The molecule has 1 fully saturated rings. The summed E-state index contributed by atoms with van der Waals surface area (Å²) in [7, 11) is 2.06. The third-order valence-electron chi connectivity index (χ3n) is 6.31. The van der Waals surface area contributed by atoms with Gasteiger partial charge < -0.3 is 9.64 Å². The molecule has 1 spiro atoms. The first-order valence-electron chi connectivity index (χ1n) is 11.1. The summed E-state index contributed by atoms with van der Waals surface area (Å²) in [5.74, 6) is 0.732. The minimum atomic E-state index is -0.281. The average molecular weight is 422 g/mol. The second kappa shape index (κ2) is 9.58. The number of anilines is 2. The van der Waals surface area contributed by atoms with Gasteiger partial charge in [-0.15, -0.1) is 0 Å². The van der Waals surface area contributed by atoms with E-state index in [-0.39, 0.29) is 11.3 Å². The molecule has 1 aliphatic heterocycles. The Balaban J connectivity index is 1.55. The standard InChI is InChI=1S/C28H27N3O/c1-30-27(21-29)23-19-26(32-28(20-23)17-7-4-8-18-28)16-13-22-11-14-25(15-12-22)31(2)24-9-5-3-6-10-24/h3,5-6,9-16,19H,4,7-8,17-18,20H2,2H3. The molecule has 2 aliphatic rings. The normalized spacial score (nSPS) is 18.9. The number of nitriles is 1. The van der Waals surface area contributed by atoms with Crippen LogP contribution in [0.3, 0.4) is 0 Å². The molecular formula is C28H27N3O. The van der Waals surface area contributed by atoms with Crippen LogP contribution in [0, 0.1) is 17.9 Å². The fourth-order valence-electron chi connectivity index (χ4n) is 4.55. The Hall–Kier alpha value is -3.76. The maximum absolute atomic E-state index is 9.40. The lowest BCUT2D eigenvalue weighted by atomic mass is 9.78. The smallest absolute Gasteiger partial charge is 0.265 e. The summed E-state index contributed by atoms with van der Waals surface area (Å²) < 4.78 is 6.45. The van der Waals surface area contributed by atoms with Gasteiger partial charge in [-0.3, -0.25) is 0 Å². The summed E-state index contributed by atoms with van der Waals surface area (Å²) >= 11 is 0. The SMILES string of the molecule is [C-]#[N+]C(C#N)=C1C=C(C=Cc2ccc(N(C)c3ccccc3)cc2)OC2(CCCCC2)C1. The van der Waals surface area contributed by atoms with Crippen molar-refractivity contribution in [2.75, 3.05) is 11.9 Å². The number of hydrogen-bond acceptors (Lipinski definition) is 3. The lowest BCUT2D eigenvalue weighted by Gasteiger charge is -2.41. The number of nitrogens with zero attached hydrogens (tertiary/aromatic N) is 3. The molecule has 160 valence electrons. The van der Waals surface area contributed by atoms with Gasteiger partial charge >= 0.3 is 0 Å². The molecular weight excluding hydrogens is 394 g/mol. The van der Waals surface area contributed by atoms with Crippen molar-refractivity contribution in [2.45, 2.75) is 44.1 Å². The van der Waals surface area contributed by atoms with Crippen LogP contribution in [0.1, 0.15) is 44.1 Å². The molecule has 0 unspecified atom stereocenters. The van der Waals surface area contributed by atoms with Gasteiger partial charge in [-0.05, 0) is 73.2 Å². The van der Waals surface area contributed by atoms with Crippen molar-refractivity contribution in [1.29, 1.82) is 5.26 Å². The fourth-order valence-corrected chi connectivity index (χ4v) is 4.55. The zero-order chi connectivity index (χ0) is 22.4. The van der Waals surface area contributed by atoms with E-state index < -0.39 is 0 Å². The first kappa shape index (κ1) is 21.5. The minimum Gasteiger partial charge on any atom is -0.487 e. The first-order chi connectivity index (χ1) is 15.6. The van der Waals surface area contributed by atoms with Gasteiger partial charge in [0.2, 0.25) is 0 Å². The van der Waals surface area contributed by atoms with Gasteiger partial charge in [-0.2, -0.15) is 0 Å². The van der Waals surface area contributed by atoms with Crippen molar-refractivity contribution in [1.82, 2.24) is 0 Å². The molecule has 0 saturated heterocycles. The lowest BCUT2D eigenvalue weighted by Crippen LogP contribution is -2.37. The molecule has 2 aromatic carbocycles. The molecule has 0 N–H and O–H groups in total. The average Bonchev–Trinajstić information content (AvgIpc) is 2.84. The van der Waals surface area contributed by atoms with Gasteiger partial charge in [0.25, 0.3) is 5.70 Å². The van der Waals surface area contributed by atoms with Crippen molar-refractivity contribution < 1.29 is 4.74 Å². The monoisotopic (exact) mass is 421 g/mol. The highest BCUT2D eigenvalue weighted by atomic mass is 16.5. The van der Waals surface area contributed by atoms with Crippen molar-refractivity contribution >= 4 is 17.5 Å². The van der Waals surface area contributed by atoms with E-state index in [1.807, 2.05) is 36.4 Å². The third kappa shape index (κ3) is 4.76. The van der Waals surface area contributed by atoms with Crippen molar-refractivity contribution in [2.24, 2.45) is 0 Å². The van der Waals surface area contributed by atoms with Crippen LogP contribution in [0.4, 0.5) is 11.4 Å². The van der Waals surface area contributed by atoms with Gasteiger partial charge in [0.15, 0.2) is 0 Å². The Kier molecular flexibility index (Phi) is 6.43. The molecule has 1 aliphatic carbocycles. The van der Waals surface area contributed by atoms with Crippen molar-refractivity contribution in [3.8, 4) is 6.07 Å². The summed E-state index contributed by atoms with van der Waals surface area (Å²) in [6, 6.07) is 20.7. The quantitative estimate of drug-likeness (QED) is 0.388. The van der Waals surface area contributed by atoms with E-state index in [0.717, 1.165) is 54.0 Å². The molecule has 4 rings (SSSR count). The Labute approximate surface area is 190 Å². The summed E-state index contributed by atoms with van der Waals surface area (Å²) in [5.41, 5.74) is 4.02. The van der Waals surface area contributed by atoms with Crippen LogP contribution < -0.4 is 4.90 Å². The number of allylic oxidation sites excluding steroid dienone is 3. The Morgan fingerprint density at radius 3 is 2.38 bits per heavy atom. The van der Waals surface area contributed by atoms with Gasteiger partial charge in [-0.1, -0.05) is 42.8 Å². The molecule has 0 atom stereocenters. The summed E-state index contributed by atoms with van der Waals surface area (Å²) in [5, 5.41) is 9.40. The van der Waals surface area contributed by atoms with E-state index in [0.29, 0.717) is 6.42 Å². The van der Waals surface area contributed by atoms with E-state index in [9.17, 15) is 5.26 Å². The van der Waals surface area contributed by atoms with Crippen molar-refractivity contribution in [3.05, 3.63) is 101 Å². The van der Waals surface area contributed by atoms with Crippen LogP contribution in [0.5, 0.6) is 0 Å². The maximum Gasteiger partial charge on any atom is 0.265 e. The minimum absolute atomic E-state index is 0.178. The number of hydrogen-bond donors (Lipinski definition) is 0. The van der Waals surface area contributed by atoms with Gasteiger partial charge in [0.05, 0.1) is 12.6 Å². The highest BCUT2D eigenvalue weighted by Crippen LogP contribution is 2.43. The van der Waals surface area contributed by atoms with E-state index >= 15 is 0 Å². The number of benzene rings is 2. The lowest BCUT2D eigenvalue weighted by molar-refractivity contribution is -0.0285. The summed E-state index contributed by atoms with van der Waals surface area (Å²) in [6.07, 6.45) is 11.9. The molecule has 2 aromatic rings. The maximum atomic E-state index is 9.40. The summed E-state index contributed by atoms with van der Waals surface area (Å²) in [6.45, 7) is 7.37. The molecule has 1 saturated carbocycles. The molecule has 0 radical (unpaired) electrons. The van der Waals surface area contributed by atoms with E-state index in [1.54, 1.807) is 0 Å². The second-order valence-corrected chi connectivity index (χ2v) is 8.49. The molecule has 0 aromatic heterocycles. The van der Waals surface area contributed by atoms with E-state index in [4.69, 9.17) is 11.3 Å². The fraction of sp³-hybridized carbons (Fsp3) is 0.286. The zero-order valence-electron chi connectivity index (χ0n) is 18.4. The third-order valence-corrected chi connectivity index (χ3v) is 6.31. The van der Waals surface area contributed by atoms with Crippen LogP contribution in [-0.2, 0) is 4.74 Å². The first-order valence-corrected chi connectivity index (χ1v) is 11.1. The molecule has 0 bridgehead atoms. The van der Waals surface area contributed by atoms with E-state index in [1.165, 1.54) is 6.42 Å². The van der Waals surface area contributed by atoms with Crippen LogP contribution in [0.2, 0.25) is 0 Å². The van der Waals surface area contributed by atoms with Crippen LogP contribution in [-0.4, -0.2) is 12.6 Å². The molecule has 1 heterocycles. The predicted octanol–water partition coefficient (Wildman–Crippen LogP) is 7.17. The molecule has 4 nitrogen and oxygen atoms in total. The van der Waals surface area contributed by atoms with Crippen molar-refractivity contribution in [3.63, 3.8) is 0 Å². The van der Waals surface area contributed by atoms with Gasteiger partial charge in [0, 0.05) is 24.8 Å². The Morgan fingerprint density at radius 2 is 1.72 bits per heavy atom. The largest absolute Gasteiger partial charge is 0.487 e. The predicted molar refractivity (Wildman–Crippen MR) is 129 cm³/mol. The number of para-hydroxylation sites is 1. The molecule has 4 heteroatoms. The Bertz CT molecular complexity index is 1110. The zero-order valence-corrected chi connectivity index (χ0v) is 18.4. The molecule has 0 amide bonds. The van der Waals surface area contributed by atoms with Crippen LogP contribution in [0.25, 0.3) is 10.9 Å².